The van der Waals surface area contributed by atoms with Crippen LogP contribution in [0.1, 0.15) is 24.8 Å². The van der Waals surface area contributed by atoms with Crippen LogP contribution in [0.4, 0.5) is 0 Å². The minimum atomic E-state index is -3.65. The molecule has 1 aromatic carbocycles. The first-order valence-corrected chi connectivity index (χ1v) is 15.9. The number of hydrogen-bond acceptors (Lipinski definition) is 10. The number of nitrogens with zero attached hydrogens (tertiary/aromatic N) is 2. The Kier molecular flexibility index (Phi) is 8.15. The van der Waals surface area contributed by atoms with Gasteiger partial charge in [-0.3, -0.25) is 0 Å². The van der Waals surface area contributed by atoms with E-state index in [4.69, 9.17) is 14.2 Å². The number of ether oxygens (including phenoxy) is 3. The molecule has 2 atom stereocenters. The first-order chi connectivity index (χ1) is 18.6. The Balaban J connectivity index is 1.08. The molecule has 2 fully saturated rings. The van der Waals surface area contributed by atoms with Crippen molar-refractivity contribution in [3.8, 4) is 11.6 Å². The number of aliphatic hydroxyl groups excluding tert-OH is 1. The van der Waals surface area contributed by atoms with Crippen molar-refractivity contribution in [1.29, 1.82) is 0 Å². The zero-order valence-electron chi connectivity index (χ0n) is 21.7. The van der Waals surface area contributed by atoms with Gasteiger partial charge in [-0.15, -0.1) is 0 Å². The largest absolute Gasteiger partial charge is 0.491 e. The van der Waals surface area contributed by atoms with E-state index in [9.17, 15) is 21.9 Å². The maximum absolute atomic E-state index is 13.2. The average Bonchev–Trinajstić information content (AvgIpc) is 3.58. The number of aliphatic hydroxyl groups is 1. The summed E-state index contributed by atoms with van der Waals surface area (Å²) >= 11 is 0. The van der Waals surface area contributed by atoms with E-state index < -0.39 is 31.8 Å². The van der Waals surface area contributed by atoms with Crippen LogP contribution >= 0.6 is 0 Å². The highest BCUT2D eigenvalue weighted by Gasteiger charge is 2.45. The molecular weight excluding hydrogens is 548 g/mol. The van der Waals surface area contributed by atoms with E-state index in [1.54, 1.807) is 18.2 Å². The molecule has 0 aliphatic carbocycles. The molecule has 2 saturated heterocycles. The zero-order valence-corrected chi connectivity index (χ0v) is 23.3. The number of nitrogens with one attached hydrogen (secondary N) is 2. The number of hydrogen-bond donors (Lipinski definition) is 3. The summed E-state index contributed by atoms with van der Waals surface area (Å²) in [5.74, 6) is 0.856. The minimum absolute atomic E-state index is 0.00866. The average molecular weight is 583 g/mol. The normalized spacial score (nSPS) is 21.9. The van der Waals surface area contributed by atoms with Crippen LogP contribution in [0.2, 0.25) is 0 Å². The quantitative estimate of drug-likeness (QED) is 0.355. The van der Waals surface area contributed by atoms with Gasteiger partial charge in [-0.1, -0.05) is 6.07 Å². The van der Waals surface area contributed by atoms with Gasteiger partial charge < -0.3 is 24.6 Å². The van der Waals surface area contributed by atoms with Crippen molar-refractivity contribution >= 4 is 20.0 Å². The lowest BCUT2D eigenvalue weighted by Crippen LogP contribution is -2.47. The second-order valence-electron chi connectivity index (χ2n) is 10.1. The molecule has 214 valence electrons. The van der Waals surface area contributed by atoms with Gasteiger partial charge in [0, 0.05) is 43.7 Å². The molecule has 12 nitrogen and oxygen atoms in total. The fourth-order valence-electron chi connectivity index (χ4n) is 5.19. The van der Waals surface area contributed by atoms with Gasteiger partial charge in [0.1, 0.15) is 23.4 Å². The molecule has 0 radical (unpaired) electrons. The minimum Gasteiger partial charge on any atom is -0.491 e. The number of sulfonamides is 2. The van der Waals surface area contributed by atoms with Crippen LogP contribution in [0, 0.1) is 0 Å². The van der Waals surface area contributed by atoms with Gasteiger partial charge in [-0.2, -0.15) is 4.31 Å². The summed E-state index contributed by atoms with van der Waals surface area (Å²) in [4.78, 5) is 4.45. The topological polar surface area (TPSA) is 156 Å². The first kappa shape index (κ1) is 28.2. The summed E-state index contributed by atoms with van der Waals surface area (Å²) < 4.78 is 71.2. The second kappa shape index (κ2) is 11.3. The number of pyridine rings is 1. The molecule has 3 aliphatic heterocycles. The Labute approximate surface area is 228 Å². The Morgan fingerprint density at radius 3 is 2.77 bits per heavy atom. The molecule has 0 bridgehead atoms. The van der Waals surface area contributed by atoms with E-state index in [-0.39, 0.29) is 29.0 Å². The van der Waals surface area contributed by atoms with Gasteiger partial charge in [0.05, 0.1) is 29.9 Å². The predicted molar refractivity (Wildman–Crippen MR) is 141 cm³/mol. The number of benzene rings is 1. The van der Waals surface area contributed by atoms with Crippen molar-refractivity contribution < 1.29 is 36.2 Å². The molecule has 5 rings (SSSR count). The molecule has 2 unspecified atom stereocenters. The molecule has 2 aromatic rings. The van der Waals surface area contributed by atoms with E-state index in [0.717, 1.165) is 12.0 Å². The van der Waals surface area contributed by atoms with Crippen LogP contribution in [0.3, 0.4) is 0 Å². The predicted octanol–water partition coefficient (Wildman–Crippen LogP) is 0.266. The number of piperidine rings is 1. The summed E-state index contributed by atoms with van der Waals surface area (Å²) in [6.07, 6.45) is 3.10. The van der Waals surface area contributed by atoms with Gasteiger partial charge in [0.25, 0.3) is 0 Å². The standard InChI is InChI=1S/C25H34N4O8S2/c1-26-38(31,32)22-4-2-3-21(12-22)36-17-20(30)14-27-19-13-25(37-16-19)6-8-29(9-7-25)39(33,34)23-11-18-5-10-35-24(18)28-15-23/h2-4,11-12,15,19-20,26-27,30H,5-10,13-14,16-17H2,1H3. The summed E-state index contributed by atoms with van der Waals surface area (Å²) in [5, 5.41) is 13.7. The Morgan fingerprint density at radius 1 is 1.21 bits per heavy atom. The van der Waals surface area contributed by atoms with Crippen LogP contribution in [0.25, 0.3) is 0 Å². The maximum Gasteiger partial charge on any atom is 0.244 e. The van der Waals surface area contributed by atoms with Gasteiger partial charge in [-0.05, 0) is 44.5 Å². The Bertz CT molecular complexity index is 1390. The lowest BCUT2D eigenvalue weighted by atomic mass is 9.88. The molecule has 1 aromatic heterocycles. The summed E-state index contributed by atoms with van der Waals surface area (Å²) in [7, 11) is -5.89. The van der Waals surface area contributed by atoms with Crippen LogP contribution < -0.4 is 19.5 Å². The van der Waals surface area contributed by atoms with Crippen LogP contribution in [0.5, 0.6) is 11.6 Å². The SMILES string of the molecule is CNS(=O)(=O)c1cccc(OCC(O)CNC2COC3(CCN(S(=O)(=O)c4cnc5c(c4)CCO5)CC3)C2)c1. The molecule has 0 amide bonds. The number of fused-ring (bicyclic) bond motifs is 1. The van der Waals surface area contributed by atoms with Crippen molar-refractivity contribution in [2.75, 3.05) is 46.5 Å². The van der Waals surface area contributed by atoms with Crippen LogP contribution in [-0.4, -0.2) is 95.5 Å². The fraction of sp³-hybridized carbons (Fsp3) is 0.560. The summed E-state index contributed by atoms with van der Waals surface area (Å²) in [6.45, 7) is 1.98. The smallest absolute Gasteiger partial charge is 0.244 e. The third-order valence-electron chi connectivity index (χ3n) is 7.46. The highest BCUT2D eigenvalue weighted by atomic mass is 32.2. The molecule has 39 heavy (non-hydrogen) atoms. The highest BCUT2D eigenvalue weighted by molar-refractivity contribution is 7.89. The van der Waals surface area contributed by atoms with Crippen molar-refractivity contribution in [2.45, 2.75) is 53.2 Å². The molecule has 0 saturated carbocycles. The lowest BCUT2D eigenvalue weighted by molar-refractivity contribution is -0.0312. The van der Waals surface area contributed by atoms with E-state index in [0.29, 0.717) is 57.2 Å². The fourth-order valence-corrected chi connectivity index (χ4v) is 7.40. The molecule has 1 spiro atoms. The number of aromatic nitrogens is 1. The van der Waals surface area contributed by atoms with E-state index >= 15 is 0 Å². The van der Waals surface area contributed by atoms with Gasteiger partial charge >= 0.3 is 0 Å². The van der Waals surface area contributed by atoms with E-state index in [1.807, 2.05) is 0 Å². The van der Waals surface area contributed by atoms with E-state index in [1.165, 1.54) is 29.7 Å². The van der Waals surface area contributed by atoms with Gasteiger partial charge in [0.2, 0.25) is 25.9 Å². The maximum atomic E-state index is 13.2. The van der Waals surface area contributed by atoms with E-state index in [2.05, 4.69) is 15.0 Å². The molecule has 14 heteroatoms. The Morgan fingerprint density at radius 2 is 2.00 bits per heavy atom. The molecular formula is C25H34N4O8S2. The van der Waals surface area contributed by atoms with Crippen LogP contribution in [0.15, 0.2) is 46.3 Å². The highest BCUT2D eigenvalue weighted by Crippen LogP contribution is 2.37. The molecule has 3 N–H and O–H groups in total. The van der Waals surface area contributed by atoms with Crippen molar-refractivity contribution in [1.82, 2.24) is 19.3 Å². The third-order valence-corrected chi connectivity index (χ3v) is 10.7. The lowest BCUT2D eigenvalue weighted by Gasteiger charge is -2.38. The Hall–Kier alpha value is -2.33. The monoisotopic (exact) mass is 582 g/mol. The van der Waals surface area contributed by atoms with Crippen molar-refractivity contribution in [3.05, 3.63) is 42.1 Å². The first-order valence-electron chi connectivity index (χ1n) is 12.9. The molecule has 4 heterocycles. The van der Waals surface area contributed by atoms with Crippen molar-refractivity contribution in [2.24, 2.45) is 0 Å². The van der Waals surface area contributed by atoms with Crippen molar-refractivity contribution in [3.63, 3.8) is 0 Å². The number of rotatable bonds is 10. The van der Waals surface area contributed by atoms with Gasteiger partial charge in [-0.25, -0.2) is 26.5 Å². The molecule has 3 aliphatic rings. The summed E-state index contributed by atoms with van der Waals surface area (Å²) in [6, 6.07) is 7.76. The summed E-state index contributed by atoms with van der Waals surface area (Å²) in [5.41, 5.74) is 0.425. The zero-order chi connectivity index (χ0) is 27.7. The third kappa shape index (κ3) is 6.21. The van der Waals surface area contributed by atoms with Gasteiger partial charge in [0.15, 0.2) is 0 Å². The second-order valence-corrected chi connectivity index (χ2v) is 13.9. The van der Waals surface area contributed by atoms with Crippen LogP contribution in [-0.2, 0) is 31.2 Å².